The molecule has 2 aromatic rings. The zero-order chi connectivity index (χ0) is 22.0. The third-order valence-electron chi connectivity index (χ3n) is 5.32. The van der Waals surface area contributed by atoms with Gasteiger partial charge in [0.2, 0.25) is 0 Å². The van der Waals surface area contributed by atoms with Crippen LogP contribution in [0.2, 0.25) is 0 Å². The summed E-state index contributed by atoms with van der Waals surface area (Å²) < 4.78 is 16.1. The van der Waals surface area contributed by atoms with Crippen molar-refractivity contribution in [3.8, 4) is 0 Å². The molecule has 0 aliphatic carbocycles. The first-order valence-corrected chi connectivity index (χ1v) is 10.0. The third-order valence-corrected chi connectivity index (χ3v) is 5.32. The van der Waals surface area contributed by atoms with E-state index in [0.29, 0.717) is 0 Å². The summed E-state index contributed by atoms with van der Waals surface area (Å²) in [6.45, 7) is 2.29. The third kappa shape index (κ3) is 4.25. The molecule has 2 fully saturated rings. The molecule has 2 aliphatic heterocycles. The van der Waals surface area contributed by atoms with Crippen LogP contribution in [0.1, 0.15) is 25.5 Å². The highest BCUT2D eigenvalue weighted by Crippen LogP contribution is 2.47. The van der Waals surface area contributed by atoms with Crippen LogP contribution in [0, 0.1) is 5.92 Å². The minimum Gasteiger partial charge on any atom is -0.462 e. The number of rotatable bonds is 5. The van der Waals surface area contributed by atoms with E-state index in [2.05, 4.69) is 0 Å². The lowest BCUT2D eigenvalue weighted by Crippen LogP contribution is -2.55. The Labute approximate surface area is 179 Å². The van der Waals surface area contributed by atoms with Crippen LogP contribution in [-0.2, 0) is 33.4 Å². The summed E-state index contributed by atoms with van der Waals surface area (Å²) in [6.07, 6.45) is -2.70. The molecule has 0 saturated carbocycles. The van der Waals surface area contributed by atoms with E-state index < -0.39 is 48.2 Å². The normalized spacial score (nSPS) is 27.2. The van der Waals surface area contributed by atoms with Crippen LogP contribution in [0.25, 0.3) is 0 Å². The Hall–Kier alpha value is -3.39. The van der Waals surface area contributed by atoms with Gasteiger partial charge < -0.3 is 14.2 Å². The molecular weight excluding hydrogens is 402 g/mol. The van der Waals surface area contributed by atoms with Crippen molar-refractivity contribution in [2.75, 3.05) is 11.7 Å². The van der Waals surface area contributed by atoms with Crippen LogP contribution < -0.4 is 5.06 Å². The summed E-state index contributed by atoms with van der Waals surface area (Å²) in [4.78, 5) is 42.5. The minimum absolute atomic E-state index is 0.229. The second kappa shape index (κ2) is 8.77. The summed E-state index contributed by atoms with van der Waals surface area (Å²) in [6, 6.07) is 18.3. The van der Waals surface area contributed by atoms with Gasteiger partial charge in [0.15, 0.2) is 12.2 Å². The maximum absolute atomic E-state index is 13.1. The number of carbonyl (C=O) groups is 3. The lowest BCUT2D eigenvalue weighted by molar-refractivity contribution is -0.206. The summed E-state index contributed by atoms with van der Waals surface area (Å²) >= 11 is 0. The lowest BCUT2D eigenvalue weighted by atomic mass is 9.83. The number of benzene rings is 2. The highest BCUT2D eigenvalue weighted by atomic mass is 16.7. The van der Waals surface area contributed by atoms with Gasteiger partial charge in [0.25, 0.3) is 0 Å². The summed E-state index contributed by atoms with van der Waals surface area (Å²) in [5.74, 6) is -2.33. The van der Waals surface area contributed by atoms with Crippen LogP contribution in [0.4, 0.5) is 5.69 Å². The van der Waals surface area contributed by atoms with Gasteiger partial charge in [0, 0.05) is 13.8 Å². The van der Waals surface area contributed by atoms with Crippen molar-refractivity contribution in [2.45, 2.75) is 38.2 Å². The van der Waals surface area contributed by atoms with Crippen LogP contribution >= 0.6 is 0 Å². The van der Waals surface area contributed by atoms with E-state index in [4.69, 9.17) is 19.0 Å². The van der Waals surface area contributed by atoms with E-state index in [0.717, 1.165) is 11.3 Å². The fraction of sp³-hybridized carbons (Fsp3) is 0.348. The molecule has 2 aromatic carbocycles. The topological polar surface area (TPSA) is 91.4 Å². The smallest absolute Gasteiger partial charge is 0.314 e. The first-order valence-electron chi connectivity index (χ1n) is 10.0. The fourth-order valence-electron chi connectivity index (χ4n) is 4.07. The molecule has 0 N–H and O–H groups in total. The molecule has 0 aromatic heterocycles. The summed E-state index contributed by atoms with van der Waals surface area (Å²) in [5.41, 5.74) is 1.60. The average Bonchev–Trinajstić information content (AvgIpc) is 3.17. The zero-order valence-electron chi connectivity index (χ0n) is 17.2. The number of hydrogen-bond acceptors (Lipinski definition) is 8. The van der Waals surface area contributed by atoms with Crippen LogP contribution in [0.5, 0.6) is 0 Å². The second-order valence-electron chi connectivity index (χ2n) is 7.46. The molecule has 5 atom stereocenters. The van der Waals surface area contributed by atoms with Crippen molar-refractivity contribution in [3.05, 3.63) is 66.2 Å². The molecule has 2 heterocycles. The standard InChI is InChI=1S/C23H23NO7/c1-14(25)28-13-18-21(29-15(2)26)22-19(23(27)30-18)20(16-9-5-3-6-10-16)24(31-22)17-11-7-4-8-12-17/h3-12,18-22H,13H2,1-2H3/t18-,19-,20+,21+,22+/m1/s1. The van der Waals surface area contributed by atoms with Crippen molar-refractivity contribution < 1.29 is 33.4 Å². The molecular formula is C23H23NO7. The number of hydroxylamine groups is 1. The van der Waals surface area contributed by atoms with Gasteiger partial charge in [0.1, 0.15) is 18.6 Å². The fourth-order valence-corrected chi connectivity index (χ4v) is 4.07. The lowest BCUT2D eigenvalue weighted by Gasteiger charge is -2.36. The highest BCUT2D eigenvalue weighted by Gasteiger charge is 2.59. The van der Waals surface area contributed by atoms with Crippen molar-refractivity contribution in [1.82, 2.24) is 0 Å². The number of para-hydroxylation sites is 1. The van der Waals surface area contributed by atoms with E-state index in [9.17, 15) is 14.4 Å². The summed E-state index contributed by atoms with van der Waals surface area (Å²) in [7, 11) is 0. The van der Waals surface area contributed by atoms with E-state index in [-0.39, 0.29) is 6.61 Å². The van der Waals surface area contributed by atoms with Gasteiger partial charge in [-0.25, -0.2) is 5.06 Å². The van der Waals surface area contributed by atoms with Gasteiger partial charge in [-0.15, -0.1) is 0 Å². The SMILES string of the molecule is CC(=O)OC[C@H]1OC(=O)[C@H]2[C@H](ON(c3ccccc3)[C@H]2c2ccccc2)[C@H]1OC(C)=O. The van der Waals surface area contributed by atoms with Gasteiger partial charge in [-0.2, -0.15) is 0 Å². The van der Waals surface area contributed by atoms with Gasteiger partial charge in [-0.05, 0) is 17.7 Å². The number of fused-ring (bicyclic) bond motifs is 1. The Kier molecular flexibility index (Phi) is 5.90. The van der Waals surface area contributed by atoms with Crippen molar-refractivity contribution >= 4 is 23.6 Å². The molecule has 2 aliphatic rings. The largest absolute Gasteiger partial charge is 0.462 e. The van der Waals surface area contributed by atoms with E-state index in [1.807, 2.05) is 60.7 Å². The van der Waals surface area contributed by atoms with E-state index in [1.54, 1.807) is 5.06 Å². The number of ether oxygens (including phenoxy) is 3. The van der Waals surface area contributed by atoms with Gasteiger partial charge in [-0.3, -0.25) is 19.2 Å². The Morgan fingerprint density at radius 2 is 1.61 bits per heavy atom. The molecule has 0 bridgehead atoms. The van der Waals surface area contributed by atoms with E-state index in [1.165, 1.54) is 13.8 Å². The number of nitrogens with zero attached hydrogens (tertiary/aromatic N) is 1. The molecule has 162 valence electrons. The first-order chi connectivity index (χ1) is 15.0. The molecule has 0 spiro atoms. The Morgan fingerprint density at radius 3 is 2.23 bits per heavy atom. The molecule has 0 amide bonds. The predicted molar refractivity (Wildman–Crippen MR) is 109 cm³/mol. The van der Waals surface area contributed by atoms with Gasteiger partial charge >= 0.3 is 17.9 Å². The monoisotopic (exact) mass is 425 g/mol. The number of esters is 3. The molecule has 4 rings (SSSR count). The number of anilines is 1. The van der Waals surface area contributed by atoms with Gasteiger partial charge in [0.05, 0.1) is 11.7 Å². The maximum atomic E-state index is 13.1. The zero-order valence-corrected chi connectivity index (χ0v) is 17.2. The molecule has 0 radical (unpaired) electrons. The molecule has 8 nitrogen and oxygen atoms in total. The molecule has 0 unspecified atom stereocenters. The Morgan fingerprint density at radius 1 is 0.968 bits per heavy atom. The van der Waals surface area contributed by atoms with Crippen LogP contribution in [0.15, 0.2) is 60.7 Å². The molecule has 8 heteroatoms. The predicted octanol–water partition coefficient (Wildman–Crippen LogP) is 2.58. The number of cyclic esters (lactones) is 1. The maximum Gasteiger partial charge on any atom is 0.314 e. The first kappa shape index (κ1) is 20.9. The van der Waals surface area contributed by atoms with Crippen LogP contribution in [-0.4, -0.2) is 42.8 Å². The molecule has 31 heavy (non-hydrogen) atoms. The Bertz CT molecular complexity index is 949. The second-order valence-corrected chi connectivity index (χ2v) is 7.46. The number of carbonyl (C=O) groups excluding carboxylic acids is 3. The number of hydrogen-bond donors (Lipinski definition) is 0. The van der Waals surface area contributed by atoms with Gasteiger partial charge in [-0.1, -0.05) is 48.5 Å². The van der Waals surface area contributed by atoms with Crippen molar-refractivity contribution in [2.24, 2.45) is 5.92 Å². The highest BCUT2D eigenvalue weighted by molar-refractivity contribution is 5.78. The van der Waals surface area contributed by atoms with Crippen LogP contribution in [0.3, 0.4) is 0 Å². The van der Waals surface area contributed by atoms with Crippen molar-refractivity contribution in [1.29, 1.82) is 0 Å². The molecule has 2 saturated heterocycles. The van der Waals surface area contributed by atoms with E-state index >= 15 is 0 Å². The summed E-state index contributed by atoms with van der Waals surface area (Å²) in [5, 5.41) is 1.66. The minimum atomic E-state index is -0.964. The average molecular weight is 425 g/mol. The quantitative estimate of drug-likeness (QED) is 0.533. The Balaban J connectivity index is 1.74. The van der Waals surface area contributed by atoms with Crippen molar-refractivity contribution in [3.63, 3.8) is 0 Å².